The van der Waals surface area contributed by atoms with Crippen LogP contribution in [0.25, 0.3) is 33.7 Å². The second kappa shape index (κ2) is 8.34. The molecule has 4 heterocycles. The van der Waals surface area contributed by atoms with Gasteiger partial charge in [-0.3, -0.25) is 0 Å². The third-order valence-electron chi connectivity index (χ3n) is 6.38. The van der Waals surface area contributed by atoms with E-state index in [-0.39, 0.29) is 23.1 Å². The van der Waals surface area contributed by atoms with Crippen molar-refractivity contribution in [1.82, 2.24) is 19.9 Å². The molecule has 4 N–H and O–H groups in total. The van der Waals surface area contributed by atoms with Crippen molar-refractivity contribution in [2.24, 2.45) is 0 Å². The molecular formula is C25H18Cl2N6O3. The van der Waals surface area contributed by atoms with Crippen molar-refractivity contribution in [3.63, 3.8) is 0 Å². The molecule has 1 aliphatic carbocycles. The first-order valence-corrected chi connectivity index (χ1v) is 11.7. The molecule has 1 aliphatic rings. The number of benzene rings is 1. The lowest BCUT2D eigenvalue weighted by Crippen LogP contribution is -2.42. The zero-order valence-corrected chi connectivity index (χ0v) is 20.1. The SMILES string of the molecule is Nc1ccc(-c2cnc(C3(O)CCc4cc(-c5cc(Cl)ccc5-c5cnco5)c[n+]([O-])c43)[nH]2)c(Cl)n1. The maximum absolute atomic E-state index is 13.3. The van der Waals surface area contributed by atoms with Gasteiger partial charge in [-0.15, -0.1) is 0 Å². The van der Waals surface area contributed by atoms with E-state index in [4.69, 9.17) is 33.4 Å². The Morgan fingerprint density at radius 3 is 2.72 bits per heavy atom. The number of fused-ring (bicyclic) bond motifs is 1. The van der Waals surface area contributed by atoms with Crippen molar-refractivity contribution in [1.29, 1.82) is 0 Å². The van der Waals surface area contributed by atoms with Gasteiger partial charge in [0.05, 0.1) is 18.1 Å². The zero-order chi connectivity index (χ0) is 25.0. The summed E-state index contributed by atoms with van der Waals surface area (Å²) in [4.78, 5) is 15.5. The summed E-state index contributed by atoms with van der Waals surface area (Å²) in [6, 6.07) is 10.6. The molecule has 6 rings (SSSR count). The monoisotopic (exact) mass is 520 g/mol. The minimum absolute atomic E-state index is 0.205. The number of pyridine rings is 2. The van der Waals surface area contributed by atoms with Crippen molar-refractivity contribution in [2.45, 2.75) is 18.4 Å². The highest BCUT2D eigenvalue weighted by atomic mass is 35.5. The molecule has 0 radical (unpaired) electrons. The molecule has 0 aliphatic heterocycles. The minimum atomic E-state index is -1.61. The molecule has 180 valence electrons. The highest BCUT2D eigenvalue weighted by Gasteiger charge is 2.48. The van der Waals surface area contributed by atoms with Gasteiger partial charge >= 0.3 is 0 Å². The number of hydrogen-bond donors (Lipinski definition) is 3. The molecule has 1 aromatic carbocycles. The van der Waals surface area contributed by atoms with E-state index in [0.29, 0.717) is 55.7 Å². The number of anilines is 1. The molecule has 11 heteroatoms. The van der Waals surface area contributed by atoms with Crippen LogP contribution >= 0.6 is 23.2 Å². The average Bonchev–Trinajstić information content (AvgIpc) is 3.60. The van der Waals surface area contributed by atoms with Crippen LogP contribution < -0.4 is 10.5 Å². The van der Waals surface area contributed by atoms with Crippen molar-refractivity contribution < 1.29 is 14.3 Å². The third kappa shape index (κ3) is 3.60. The van der Waals surface area contributed by atoms with E-state index in [2.05, 4.69) is 19.9 Å². The number of aryl methyl sites for hydroxylation is 1. The van der Waals surface area contributed by atoms with E-state index < -0.39 is 5.60 Å². The summed E-state index contributed by atoms with van der Waals surface area (Å²) in [5.74, 6) is 1.09. The van der Waals surface area contributed by atoms with Gasteiger partial charge in [-0.25, -0.2) is 15.0 Å². The normalized spacial score (nSPS) is 16.9. The number of halogens is 2. The quantitative estimate of drug-likeness (QED) is 0.180. The number of nitrogen functional groups attached to an aromatic ring is 1. The van der Waals surface area contributed by atoms with Crippen LogP contribution in [0.5, 0.6) is 0 Å². The number of imidazole rings is 1. The molecule has 0 amide bonds. The smallest absolute Gasteiger partial charge is 0.235 e. The number of aromatic nitrogens is 5. The molecule has 0 fully saturated rings. The number of rotatable bonds is 4. The van der Waals surface area contributed by atoms with E-state index in [9.17, 15) is 10.3 Å². The van der Waals surface area contributed by atoms with Gasteiger partial charge in [-0.2, -0.15) is 4.73 Å². The first-order valence-electron chi connectivity index (χ1n) is 11.0. The fraction of sp³-hybridized carbons (Fsp3) is 0.120. The van der Waals surface area contributed by atoms with Crippen LogP contribution in [-0.4, -0.2) is 25.0 Å². The summed E-state index contributed by atoms with van der Waals surface area (Å²) in [7, 11) is 0. The molecule has 0 saturated heterocycles. The fourth-order valence-corrected chi connectivity index (χ4v) is 5.15. The van der Waals surface area contributed by atoms with Gasteiger partial charge in [0.15, 0.2) is 18.4 Å². The molecular weight excluding hydrogens is 503 g/mol. The Labute approximate surface area is 214 Å². The summed E-state index contributed by atoms with van der Waals surface area (Å²) in [5, 5.41) is 25.7. The highest BCUT2D eigenvalue weighted by molar-refractivity contribution is 6.32. The molecule has 36 heavy (non-hydrogen) atoms. The Balaban J connectivity index is 1.42. The summed E-state index contributed by atoms with van der Waals surface area (Å²) >= 11 is 12.5. The van der Waals surface area contributed by atoms with Gasteiger partial charge in [-0.1, -0.05) is 23.2 Å². The van der Waals surface area contributed by atoms with E-state index in [1.165, 1.54) is 12.6 Å². The average molecular weight is 521 g/mol. The third-order valence-corrected chi connectivity index (χ3v) is 6.90. The summed E-state index contributed by atoms with van der Waals surface area (Å²) in [6.07, 6.45) is 6.66. The standard InChI is InChI=1S/C25H18Cl2N6O3/c26-15-1-2-16(20-10-29-12-36-20)18(8-15)14-7-13-5-6-25(34,22(13)33(35)11-14)24-30-9-19(31-24)17-3-4-21(28)32-23(17)27/h1-4,7-12,34H,5-6H2,(H2,28,32)(H,30,31). The van der Waals surface area contributed by atoms with Crippen LogP contribution in [0.3, 0.4) is 0 Å². The van der Waals surface area contributed by atoms with Crippen molar-refractivity contribution in [2.75, 3.05) is 5.73 Å². The van der Waals surface area contributed by atoms with E-state index >= 15 is 0 Å². The number of nitrogens with two attached hydrogens (primary N) is 1. The fourth-order valence-electron chi connectivity index (χ4n) is 4.71. The largest absolute Gasteiger partial charge is 0.618 e. The Bertz CT molecular complexity index is 1620. The van der Waals surface area contributed by atoms with Gasteiger partial charge in [0.1, 0.15) is 16.8 Å². The predicted octanol–water partition coefficient (Wildman–Crippen LogP) is 4.50. The number of aromatic amines is 1. The second-order valence-electron chi connectivity index (χ2n) is 8.56. The van der Waals surface area contributed by atoms with Gasteiger partial charge < -0.3 is 25.4 Å². The van der Waals surface area contributed by atoms with E-state index in [0.717, 1.165) is 5.56 Å². The Kier molecular flexibility index (Phi) is 5.22. The van der Waals surface area contributed by atoms with Crippen molar-refractivity contribution >= 4 is 29.0 Å². The molecule has 0 saturated carbocycles. The van der Waals surface area contributed by atoms with Gasteiger partial charge in [0.2, 0.25) is 11.3 Å². The number of nitrogens with one attached hydrogen (secondary N) is 1. The molecule has 1 unspecified atom stereocenters. The molecule has 0 bridgehead atoms. The molecule has 9 nitrogen and oxygen atoms in total. The first-order chi connectivity index (χ1) is 17.3. The molecule has 5 aromatic rings. The summed E-state index contributed by atoms with van der Waals surface area (Å²) < 4.78 is 6.17. The van der Waals surface area contributed by atoms with E-state index in [1.54, 1.807) is 36.7 Å². The summed E-state index contributed by atoms with van der Waals surface area (Å²) in [5.41, 5.74) is 8.24. The van der Waals surface area contributed by atoms with Gasteiger partial charge in [-0.05, 0) is 49.2 Å². The van der Waals surface area contributed by atoms with Gasteiger partial charge in [0, 0.05) is 32.8 Å². The number of oxazole rings is 1. The van der Waals surface area contributed by atoms with Crippen LogP contribution in [0, 0.1) is 5.21 Å². The number of nitrogens with zero attached hydrogens (tertiary/aromatic N) is 4. The Morgan fingerprint density at radius 2 is 1.94 bits per heavy atom. The first kappa shape index (κ1) is 22.5. The van der Waals surface area contributed by atoms with E-state index in [1.807, 2.05) is 12.1 Å². The molecule has 4 aromatic heterocycles. The lowest BCUT2D eigenvalue weighted by atomic mass is 9.96. The lowest BCUT2D eigenvalue weighted by molar-refractivity contribution is -0.620. The Hall–Kier alpha value is -3.92. The maximum Gasteiger partial charge on any atom is 0.235 e. The number of aliphatic hydroxyl groups is 1. The van der Waals surface area contributed by atoms with Crippen LogP contribution in [0.4, 0.5) is 5.82 Å². The summed E-state index contributed by atoms with van der Waals surface area (Å²) in [6.45, 7) is 0. The maximum atomic E-state index is 13.3. The second-order valence-corrected chi connectivity index (χ2v) is 9.36. The van der Waals surface area contributed by atoms with Crippen LogP contribution in [-0.2, 0) is 12.0 Å². The molecule has 1 atom stereocenters. The molecule has 0 spiro atoms. The Morgan fingerprint density at radius 1 is 1.11 bits per heavy atom. The van der Waals surface area contributed by atoms with Crippen molar-refractivity contribution in [3.05, 3.63) is 93.8 Å². The predicted molar refractivity (Wildman–Crippen MR) is 134 cm³/mol. The van der Waals surface area contributed by atoms with Crippen LogP contribution in [0.15, 0.2) is 65.8 Å². The zero-order valence-electron chi connectivity index (χ0n) is 18.6. The van der Waals surface area contributed by atoms with Gasteiger partial charge in [0.25, 0.3) is 0 Å². The lowest BCUT2D eigenvalue weighted by Gasteiger charge is -2.20. The number of hydrogen-bond acceptors (Lipinski definition) is 7. The van der Waals surface area contributed by atoms with Crippen LogP contribution in [0.1, 0.15) is 23.5 Å². The minimum Gasteiger partial charge on any atom is -0.618 e. The van der Waals surface area contributed by atoms with Crippen LogP contribution in [0.2, 0.25) is 10.2 Å². The number of H-pyrrole nitrogens is 1. The highest BCUT2D eigenvalue weighted by Crippen LogP contribution is 2.42. The van der Waals surface area contributed by atoms with Crippen molar-refractivity contribution in [3.8, 4) is 33.7 Å². The topological polar surface area (TPSA) is 141 Å².